The molecule has 10 heteroatoms. The van der Waals surface area contributed by atoms with Gasteiger partial charge in [-0.15, -0.1) is 16.8 Å². The Morgan fingerprint density at radius 1 is 1.19 bits per heavy atom. The van der Waals surface area contributed by atoms with Gasteiger partial charge in [-0.25, -0.2) is 0 Å². The number of hydrogen-bond donors (Lipinski definition) is 2. The number of aryl methyl sites for hydroxylation is 1. The summed E-state index contributed by atoms with van der Waals surface area (Å²) in [7, 11) is 0. The molecule has 0 aliphatic rings. The van der Waals surface area contributed by atoms with Gasteiger partial charge in [-0.2, -0.15) is 0 Å². The highest BCUT2D eigenvalue weighted by Gasteiger charge is 2.15. The summed E-state index contributed by atoms with van der Waals surface area (Å²) in [4.78, 5) is 24.9. The standard InChI is InChI=1S/C22H21Br2N5O2S/c1-3-9-29-19(12-25-21(31)15-6-4-5-14(2)10-15)27-28-22(29)32-13-20(30)26-18-11-16(23)7-8-17(18)24/h3-8,10-11H,1,9,12-13H2,2H3,(H,25,31)(H,26,30). The maximum atomic E-state index is 12.4. The molecule has 1 aromatic heterocycles. The number of carbonyl (C=O) groups is 2. The van der Waals surface area contributed by atoms with Crippen LogP contribution in [0.1, 0.15) is 21.7 Å². The number of rotatable bonds is 9. The average molecular weight is 579 g/mol. The normalized spacial score (nSPS) is 10.6. The summed E-state index contributed by atoms with van der Waals surface area (Å²) in [6.45, 7) is 6.39. The van der Waals surface area contributed by atoms with Gasteiger partial charge in [0, 0.05) is 21.1 Å². The molecule has 0 atom stereocenters. The molecule has 0 spiro atoms. The van der Waals surface area contributed by atoms with Crippen molar-refractivity contribution in [3.05, 3.63) is 81.0 Å². The molecule has 0 saturated heterocycles. The van der Waals surface area contributed by atoms with Crippen LogP contribution in [0.4, 0.5) is 5.69 Å². The van der Waals surface area contributed by atoms with Crippen LogP contribution in [0.3, 0.4) is 0 Å². The average Bonchev–Trinajstić information content (AvgIpc) is 3.15. The number of anilines is 1. The van der Waals surface area contributed by atoms with E-state index in [2.05, 4.69) is 59.3 Å². The summed E-state index contributed by atoms with van der Waals surface area (Å²) < 4.78 is 3.49. The number of aromatic nitrogens is 3. The van der Waals surface area contributed by atoms with Crippen molar-refractivity contribution in [2.24, 2.45) is 0 Å². The summed E-state index contributed by atoms with van der Waals surface area (Å²) >= 11 is 8.09. The van der Waals surface area contributed by atoms with E-state index in [0.717, 1.165) is 14.5 Å². The highest BCUT2D eigenvalue weighted by molar-refractivity contribution is 9.11. The number of halogens is 2. The summed E-state index contributed by atoms with van der Waals surface area (Å²) in [6.07, 6.45) is 1.72. The van der Waals surface area contributed by atoms with Gasteiger partial charge in [0.2, 0.25) is 5.91 Å². The minimum Gasteiger partial charge on any atom is -0.345 e. The minimum atomic E-state index is -0.185. The Labute approximate surface area is 207 Å². The quantitative estimate of drug-likeness (QED) is 0.277. The molecular weight excluding hydrogens is 558 g/mol. The zero-order valence-corrected chi connectivity index (χ0v) is 21.3. The number of allylic oxidation sites excluding steroid dienone is 1. The van der Waals surface area contributed by atoms with Crippen molar-refractivity contribution in [2.75, 3.05) is 11.1 Å². The first-order valence-corrected chi connectivity index (χ1v) is 12.2. The Morgan fingerprint density at radius 3 is 2.75 bits per heavy atom. The van der Waals surface area contributed by atoms with Crippen LogP contribution >= 0.6 is 43.6 Å². The molecule has 1 heterocycles. The summed E-state index contributed by atoms with van der Waals surface area (Å²) in [5, 5.41) is 14.7. The van der Waals surface area contributed by atoms with E-state index in [4.69, 9.17) is 0 Å². The second-order valence-corrected chi connectivity index (χ2v) is 9.52. The third-order valence-corrected chi connectivity index (χ3v) is 6.48. The van der Waals surface area contributed by atoms with E-state index in [-0.39, 0.29) is 24.1 Å². The smallest absolute Gasteiger partial charge is 0.251 e. The zero-order valence-electron chi connectivity index (χ0n) is 17.3. The molecular formula is C22H21Br2N5O2S. The van der Waals surface area contributed by atoms with E-state index in [1.165, 1.54) is 11.8 Å². The first-order chi connectivity index (χ1) is 15.4. The van der Waals surface area contributed by atoms with E-state index >= 15 is 0 Å². The minimum absolute atomic E-state index is 0.157. The topological polar surface area (TPSA) is 88.9 Å². The highest BCUT2D eigenvalue weighted by atomic mass is 79.9. The van der Waals surface area contributed by atoms with Crippen LogP contribution in [0.5, 0.6) is 0 Å². The van der Waals surface area contributed by atoms with Crippen LogP contribution in [-0.4, -0.2) is 32.3 Å². The second-order valence-electron chi connectivity index (χ2n) is 6.81. The lowest BCUT2D eigenvalue weighted by molar-refractivity contribution is -0.113. The molecule has 3 rings (SSSR count). The van der Waals surface area contributed by atoms with Crippen LogP contribution in [0.2, 0.25) is 0 Å². The Morgan fingerprint density at radius 2 is 2.00 bits per heavy atom. The van der Waals surface area contributed by atoms with E-state index in [9.17, 15) is 9.59 Å². The van der Waals surface area contributed by atoms with Crippen LogP contribution < -0.4 is 10.6 Å². The van der Waals surface area contributed by atoms with Crippen molar-refractivity contribution in [3.63, 3.8) is 0 Å². The van der Waals surface area contributed by atoms with Gasteiger partial charge >= 0.3 is 0 Å². The second kappa shape index (κ2) is 11.4. The maximum absolute atomic E-state index is 12.4. The van der Waals surface area contributed by atoms with Crippen molar-refractivity contribution in [2.45, 2.75) is 25.2 Å². The van der Waals surface area contributed by atoms with E-state index in [1.54, 1.807) is 12.1 Å². The largest absolute Gasteiger partial charge is 0.345 e. The monoisotopic (exact) mass is 577 g/mol. The lowest BCUT2D eigenvalue weighted by Crippen LogP contribution is -2.25. The third kappa shape index (κ3) is 6.54. The number of amides is 2. The van der Waals surface area contributed by atoms with Crippen LogP contribution in [0.25, 0.3) is 0 Å². The fraction of sp³-hybridized carbons (Fsp3) is 0.182. The van der Waals surface area contributed by atoms with Crippen molar-refractivity contribution in [1.82, 2.24) is 20.1 Å². The molecule has 0 saturated carbocycles. The number of carbonyl (C=O) groups excluding carboxylic acids is 2. The molecule has 0 aliphatic carbocycles. The Bertz CT molecular complexity index is 1150. The predicted molar refractivity (Wildman–Crippen MR) is 134 cm³/mol. The lowest BCUT2D eigenvalue weighted by atomic mass is 10.1. The molecule has 3 aromatic rings. The fourth-order valence-electron chi connectivity index (χ4n) is 2.83. The van der Waals surface area contributed by atoms with Gasteiger partial charge < -0.3 is 15.2 Å². The van der Waals surface area contributed by atoms with Gasteiger partial charge in [0.1, 0.15) is 0 Å². The van der Waals surface area contributed by atoms with E-state index < -0.39 is 0 Å². The van der Waals surface area contributed by atoms with Gasteiger partial charge in [0.05, 0.1) is 18.0 Å². The number of hydrogen-bond acceptors (Lipinski definition) is 5. The first kappa shape index (κ1) is 24.2. The molecule has 2 N–H and O–H groups in total. The number of thioether (sulfide) groups is 1. The molecule has 0 aliphatic heterocycles. The van der Waals surface area contributed by atoms with Gasteiger partial charge in [0.25, 0.3) is 5.91 Å². The molecule has 2 amide bonds. The highest BCUT2D eigenvalue weighted by Crippen LogP contribution is 2.26. The van der Waals surface area contributed by atoms with Crippen molar-refractivity contribution < 1.29 is 9.59 Å². The SMILES string of the molecule is C=CCn1c(CNC(=O)c2cccc(C)c2)nnc1SCC(=O)Nc1cc(Br)ccc1Br. The van der Waals surface area contributed by atoms with Crippen LogP contribution in [0.15, 0.2) is 69.2 Å². The van der Waals surface area contributed by atoms with Gasteiger partial charge in [-0.05, 0) is 53.2 Å². The number of nitrogens with one attached hydrogen (secondary N) is 2. The summed E-state index contributed by atoms with van der Waals surface area (Å²) in [5.41, 5.74) is 2.28. The van der Waals surface area contributed by atoms with E-state index in [1.807, 2.05) is 47.9 Å². The fourth-order valence-corrected chi connectivity index (χ4v) is 4.30. The summed E-state index contributed by atoms with van der Waals surface area (Å²) in [6, 6.07) is 12.9. The molecule has 7 nitrogen and oxygen atoms in total. The van der Waals surface area contributed by atoms with Crippen LogP contribution in [0, 0.1) is 6.92 Å². The Hall–Kier alpha value is -2.43. The molecule has 2 aromatic carbocycles. The molecule has 0 fully saturated rings. The molecule has 0 radical (unpaired) electrons. The summed E-state index contributed by atoms with van der Waals surface area (Å²) in [5.74, 6) is 0.388. The van der Waals surface area contributed by atoms with Gasteiger partial charge in [0.15, 0.2) is 11.0 Å². The third-order valence-electron chi connectivity index (χ3n) is 4.33. The Balaban J connectivity index is 1.62. The molecule has 0 unspecified atom stereocenters. The number of nitrogens with zero attached hydrogens (tertiary/aromatic N) is 3. The van der Waals surface area contributed by atoms with Gasteiger partial charge in [-0.1, -0.05) is 51.5 Å². The van der Waals surface area contributed by atoms with E-state index in [0.29, 0.717) is 28.8 Å². The molecule has 166 valence electrons. The zero-order chi connectivity index (χ0) is 23.1. The molecule has 32 heavy (non-hydrogen) atoms. The first-order valence-electron chi connectivity index (χ1n) is 9.63. The van der Waals surface area contributed by atoms with Crippen molar-refractivity contribution >= 4 is 61.1 Å². The van der Waals surface area contributed by atoms with Crippen LogP contribution in [-0.2, 0) is 17.9 Å². The Kier molecular flexibility index (Phi) is 8.66. The number of benzene rings is 2. The maximum Gasteiger partial charge on any atom is 0.251 e. The van der Waals surface area contributed by atoms with Gasteiger partial charge in [-0.3, -0.25) is 9.59 Å². The lowest BCUT2D eigenvalue weighted by Gasteiger charge is -2.10. The molecule has 0 bridgehead atoms. The van der Waals surface area contributed by atoms with Crippen molar-refractivity contribution in [1.29, 1.82) is 0 Å². The predicted octanol–water partition coefficient (Wildman–Crippen LogP) is 4.96. The van der Waals surface area contributed by atoms with Crippen molar-refractivity contribution in [3.8, 4) is 0 Å².